The van der Waals surface area contributed by atoms with Crippen molar-refractivity contribution in [2.45, 2.75) is 20.8 Å². The minimum Gasteiger partial charge on any atom is -0.464 e. The van der Waals surface area contributed by atoms with E-state index in [4.69, 9.17) is 33.2 Å². The fourth-order valence-electron chi connectivity index (χ4n) is 13.5. The molecule has 13 heterocycles. The zero-order valence-corrected chi connectivity index (χ0v) is 54.9. The average molecular weight is 1300 g/mol. The fourth-order valence-corrected chi connectivity index (χ4v) is 15.7. The largest absolute Gasteiger partial charge is 0.464 e. The van der Waals surface area contributed by atoms with E-state index in [1.807, 2.05) is 36.4 Å². The summed E-state index contributed by atoms with van der Waals surface area (Å²) >= 11 is 3.33. The molecule has 0 saturated carbocycles. The van der Waals surface area contributed by atoms with Crippen LogP contribution in [0.1, 0.15) is 73.4 Å². The lowest BCUT2D eigenvalue weighted by atomic mass is 10.0. The second kappa shape index (κ2) is 24.1. The van der Waals surface area contributed by atoms with E-state index in [1.165, 1.54) is 16.7 Å². The van der Waals surface area contributed by atoms with Gasteiger partial charge in [-0.15, -0.1) is 22.7 Å². The molecule has 0 spiro atoms. The molecule has 98 heavy (non-hydrogen) atoms. The predicted octanol–water partition coefficient (Wildman–Crippen LogP) is 23.5. The van der Waals surface area contributed by atoms with Crippen molar-refractivity contribution in [1.82, 2.24) is 29.9 Å². The van der Waals surface area contributed by atoms with Crippen LogP contribution in [0.3, 0.4) is 0 Å². The maximum Gasteiger partial charge on any atom is 0.137 e. The van der Waals surface area contributed by atoms with E-state index < -0.39 is 0 Å². The molecule has 4 aliphatic rings. The van der Waals surface area contributed by atoms with Gasteiger partial charge in [0.25, 0.3) is 0 Å². The molecule has 4 aliphatic heterocycles. The normalized spacial score (nSPS) is 12.2. The highest BCUT2D eigenvalue weighted by atomic mass is 32.1. The summed E-state index contributed by atoms with van der Waals surface area (Å²) in [6.45, 7) is 6.36. The lowest BCUT2D eigenvalue weighted by molar-refractivity contribution is 0.582. The first-order valence-corrected chi connectivity index (χ1v) is 34.1. The number of benzene rings is 5. The van der Waals surface area contributed by atoms with Crippen LogP contribution >= 0.6 is 22.7 Å². The van der Waals surface area contributed by atoms with Crippen molar-refractivity contribution < 1.29 is 13.3 Å². The van der Waals surface area contributed by atoms with Gasteiger partial charge in [0.05, 0.1) is 81.0 Å². The molecule has 9 aromatic heterocycles. The van der Waals surface area contributed by atoms with Crippen LogP contribution in [0.5, 0.6) is 0 Å². The minimum absolute atomic E-state index is 0.724. The number of nitrogens with zero attached hydrogens (tertiary/aromatic N) is 4. The van der Waals surface area contributed by atoms with Gasteiger partial charge in [-0.05, 0) is 206 Å². The first-order chi connectivity index (χ1) is 48.2. The lowest BCUT2D eigenvalue weighted by Crippen LogP contribution is -1.90. The van der Waals surface area contributed by atoms with E-state index in [0.717, 1.165) is 187 Å². The monoisotopic (exact) mass is 1300 g/mol. The third-order valence-electron chi connectivity index (χ3n) is 18.3. The summed E-state index contributed by atoms with van der Waals surface area (Å²) in [5, 5.41) is 0. The molecule has 0 unspecified atom stereocenters. The summed E-state index contributed by atoms with van der Waals surface area (Å²) in [4.78, 5) is 29.7. The molecule has 0 fully saturated rings. The number of H-pyrrole nitrogens is 2. The molecule has 11 heteroatoms. The maximum atomic E-state index is 6.18. The number of aryl methyl sites for hydroxylation is 3. The highest BCUT2D eigenvalue weighted by Gasteiger charge is 2.24. The molecule has 0 atom stereocenters. The van der Waals surface area contributed by atoms with Crippen LogP contribution in [0.2, 0.25) is 0 Å². The Morgan fingerprint density at radius 2 is 0.510 bits per heavy atom. The SMILES string of the molecule is Cc1ccc(-c2c3nc(c(-c4ccc(C)cc4)c4ccc([nH]4)c(-c4ccc(C#Cc5ccc(-c6c7nc(c(-c8ccco8)c8ccc(s8)c(-c8ccco8)c8nc(c(-c9ccco9)c9ccc6s9)C=C8)C=C7)cc5)cc4)c4nc(c(-c5ccc(C)cc5)c5ccc2[nH]5)C=C4)C=C3)cc1. The molecular formula is C87H56N6O3S2. The second-order valence-corrected chi connectivity index (χ2v) is 26.9. The van der Waals surface area contributed by atoms with Crippen LogP contribution in [0, 0.1) is 32.6 Å². The van der Waals surface area contributed by atoms with Gasteiger partial charge in [0, 0.05) is 79.8 Å². The second-order valence-electron chi connectivity index (χ2n) is 24.7. The number of fused-ring (bicyclic) bond motifs is 16. The molecule has 0 saturated heterocycles. The van der Waals surface area contributed by atoms with Gasteiger partial charge in [0.2, 0.25) is 0 Å². The maximum absolute atomic E-state index is 6.18. The van der Waals surface area contributed by atoms with Gasteiger partial charge in [-0.1, -0.05) is 126 Å². The molecule has 0 aliphatic carbocycles. The van der Waals surface area contributed by atoms with E-state index in [-0.39, 0.29) is 0 Å². The van der Waals surface area contributed by atoms with Crippen molar-refractivity contribution >= 4 is 112 Å². The molecule has 0 amide bonds. The third kappa shape index (κ3) is 10.6. The van der Waals surface area contributed by atoms with Gasteiger partial charge >= 0.3 is 0 Å². The number of furan rings is 3. The van der Waals surface area contributed by atoms with Crippen LogP contribution in [0.25, 0.3) is 179 Å². The van der Waals surface area contributed by atoms with E-state index in [0.29, 0.717) is 0 Å². The van der Waals surface area contributed by atoms with E-state index in [2.05, 4.69) is 261 Å². The topological polar surface area (TPSA) is 123 Å². The summed E-state index contributed by atoms with van der Waals surface area (Å²) in [5.74, 6) is 9.19. The Morgan fingerprint density at radius 3 is 0.786 bits per heavy atom. The van der Waals surface area contributed by atoms with Crippen molar-refractivity contribution in [2.24, 2.45) is 0 Å². The standard InChI is InChI=1S/C87H56N6O3S2/c1-51-10-22-56(23-11-51)80-61-32-34-63(88-61)81(57-24-12-52(2)13-25-57)65-36-38-67(90-65)83(68-39-37-66(91-68)82(64-35-33-62(80)89-64)58-26-14-53(3)15-27-58)59-28-18-54(19-29-59)16-17-55-20-30-60(31-21-55)84-69-40-41-70(92-69)85(73-7-4-48-94-73)78-46-47-79(98-78)87(75-9-6-50-96-75)72-43-42-71(93-72)86(74-8-5-49-95-74)77-45-44-76(84)97-77/h4-15,18-50,88,91H,1-3H3. The Labute approximate surface area is 572 Å². The van der Waals surface area contributed by atoms with Gasteiger partial charge in [0.15, 0.2) is 0 Å². The zero-order valence-electron chi connectivity index (χ0n) is 53.3. The summed E-state index contributed by atoms with van der Waals surface area (Å²) in [6, 6.07) is 72.1. The molecule has 16 bridgehead atoms. The molecule has 2 N–H and O–H groups in total. The summed E-state index contributed by atoms with van der Waals surface area (Å²) in [5.41, 5.74) is 28.6. The molecule has 5 aromatic carbocycles. The smallest absolute Gasteiger partial charge is 0.137 e. The van der Waals surface area contributed by atoms with Gasteiger partial charge in [0.1, 0.15) is 17.3 Å². The molecule has 9 nitrogen and oxygen atoms in total. The Morgan fingerprint density at radius 1 is 0.265 bits per heavy atom. The first kappa shape index (κ1) is 58.1. The van der Waals surface area contributed by atoms with Gasteiger partial charge in [-0.2, -0.15) is 0 Å². The van der Waals surface area contributed by atoms with Crippen molar-refractivity contribution in [2.75, 3.05) is 0 Å². The molecule has 464 valence electrons. The number of rotatable bonds is 8. The quantitative estimate of drug-likeness (QED) is 0.145. The molecule has 14 aromatic rings. The predicted molar refractivity (Wildman–Crippen MR) is 405 cm³/mol. The van der Waals surface area contributed by atoms with E-state index >= 15 is 0 Å². The number of hydrogen-bond donors (Lipinski definition) is 2. The number of aromatic amines is 2. The number of thiophene rings is 2. The van der Waals surface area contributed by atoms with Crippen LogP contribution in [-0.2, 0) is 0 Å². The van der Waals surface area contributed by atoms with E-state index in [9.17, 15) is 0 Å². The van der Waals surface area contributed by atoms with Gasteiger partial charge in [-0.25, -0.2) is 19.9 Å². The minimum atomic E-state index is 0.724. The summed E-state index contributed by atoms with van der Waals surface area (Å²) < 4.78 is 22.5. The molecular weight excluding hydrogens is 1240 g/mol. The number of aromatic nitrogens is 6. The Kier molecular flexibility index (Phi) is 14.3. The highest BCUT2D eigenvalue weighted by molar-refractivity contribution is 7.24. The molecule has 18 rings (SSSR count). The Balaban J connectivity index is 0.763. The highest BCUT2D eigenvalue weighted by Crippen LogP contribution is 2.45. The summed E-state index contributed by atoms with van der Waals surface area (Å²) in [6.07, 6.45) is 22.0. The van der Waals surface area contributed by atoms with Crippen LogP contribution in [0.15, 0.2) is 238 Å². The number of nitrogens with one attached hydrogen (secondary N) is 2. The first-order valence-electron chi connectivity index (χ1n) is 32.4. The van der Waals surface area contributed by atoms with Crippen molar-refractivity contribution in [1.29, 1.82) is 0 Å². The van der Waals surface area contributed by atoms with Gasteiger partial charge < -0.3 is 23.2 Å². The van der Waals surface area contributed by atoms with Gasteiger partial charge in [-0.3, -0.25) is 0 Å². The molecule has 0 radical (unpaired) electrons. The average Bonchev–Trinajstić information content (AvgIpc) is 1.62. The fraction of sp³-hybridized carbons (Fsp3) is 0.0345. The van der Waals surface area contributed by atoms with Crippen LogP contribution < -0.4 is 0 Å². The Hall–Kier alpha value is -12.5. The zero-order chi connectivity index (χ0) is 65.4. The van der Waals surface area contributed by atoms with E-state index in [1.54, 1.807) is 41.5 Å². The summed E-state index contributed by atoms with van der Waals surface area (Å²) in [7, 11) is 0. The number of hydrogen-bond acceptors (Lipinski definition) is 9. The third-order valence-corrected chi connectivity index (χ3v) is 20.5. The Bertz CT molecular complexity index is 6010. The van der Waals surface area contributed by atoms with Crippen molar-refractivity contribution in [3.63, 3.8) is 0 Å². The van der Waals surface area contributed by atoms with Crippen molar-refractivity contribution in [3.05, 3.63) is 298 Å². The van der Waals surface area contributed by atoms with Crippen LogP contribution in [0.4, 0.5) is 0 Å². The van der Waals surface area contributed by atoms with Crippen LogP contribution in [-0.4, -0.2) is 29.9 Å². The lowest BCUT2D eigenvalue weighted by Gasteiger charge is -2.07. The van der Waals surface area contributed by atoms with Crippen molar-refractivity contribution in [3.8, 4) is 101 Å².